The van der Waals surface area contributed by atoms with Gasteiger partial charge in [-0.2, -0.15) is 0 Å². The summed E-state index contributed by atoms with van der Waals surface area (Å²) in [7, 11) is 0. The summed E-state index contributed by atoms with van der Waals surface area (Å²) in [5.74, 6) is 0.257. The molecule has 0 aliphatic carbocycles. The van der Waals surface area contributed by atoms with E-state index in [1.54, 1.807) is 11.8 Å². The second-order valence-corrected chi connectivity index (χ2v) is 5.41. The molecular weight excluding hydrogens is 246 g/mol. The number of carbonyl (C=O) groups excluding carboxylic acids is 2. The zero-order valence-corrected chi connectivity index (χ0v) is 11.6. The van der Waals surface area contributed by atoms with Gasteiger partial charge in [0.15, 0.2) is 0 Å². The van der Waals surface area contributed by atoms with Crippen LogP contribution in [0.3, 0.4) is 0 Å². The Morgan fingerprint density at radius 3 is 2.58 bits per heavy atom. The molecule has 6 nitrogen and oxygen atoms in total. The lowest BCUT2D eigenvalue weighted by Crippen LogP contribution is -2.51. The SMILES string of the molecule is CC(NC(=O)[C@@H]1CNC[C@H]1C)C(=O)N1CCOCC1. The van der Waals surface area contributed by atoms with E-state index in [0.29, 0.717) is 38.8 Å². The molecule has 0 radical (unpaired) electrons. The number of hydrogen-bond donors (Lipinski definition) is 2. The minimum Gasteiger partial charge on any atom is -0.378 e. The Morgan fingerprint density at radius 2 is 2.00 bits per heavy atom. The Morgan fingerprint density at radius 1 is 1.32 bits per heavy atom. The number of ether oxygens (including phenoxy) is 1. The van der Waals surface area contributed by atoms with Crippen LogP contribution < -0.4 is 10.6 Å². The van der Waals surface area contributed by atoms with E-state index in [2.05, 4.69) is 17.6 Å². The Balaban J connectivity index is 1.83. The number of amides is 2. The Bertz CT molecular complexity index is 342. The van der Waals surface area contributed by atoms with Crippen molar-refractivity contribution in [3.05, 3.63) is 0 Å². The lowest BCUT2D eigenvalue weighted by Gasteiger charge is -2.30. The maximum Gasteiger partial charge on any atom is 0.245 e. The summed E-state index contributed by atoms with van der Waals surface area (Å²) >= 11 is 0. The van der Waals surface area contributed by atoms with Gasteiger partial charge in [-0.25, -0.2) is 0 Å². The van der Waals surface area contributed by atoms with Gasteiger partial charge in [0.1, 0.15) is 6.04 Å². The van der Waals surface area contributed by atoms with E-state index in [-0.39, 0.29) is 17.7 Å². The fraction of sp³-hybridized carbons (Fsp3) is 0.846. The van der Waals surface area contributed by atoms with Gasteiger partial charge in [-0.3, -0.25) is 9.59 Å². The molecule has 19 heavy (non-hydrogen) atoms. The second kappa shape index (κ2) is 6.34. The molecule has 2 amide bonds. The summed E-state index contributed by atoms with van der Waals surface area (Å²) in [6, 6.07) is -0.460. The molecule has 108 valence electrons. The molecule has 1 unspecified atom stereocenters. The molecule has 0 saturated carbocycles. The van der Waals surface area contributed by atoms with E-state index in [9.17, 15) is 9.59 Å². The smallest absolute Gasteiger partial charge is 0.245 e. The third-order valence-electron chi connectivity index (χ3n) is 3.91. The average molecular weight is 269 g/mol. The van der Waals surface area contributed by atoms with Crippen LogP contribution >= 0.6 is 0 Å². The van der Waals surface area contributed by atoms with Crippen LogP contribution in [0.5, 0.6) is 0 Å². The Kier molecular flexibility index (Phi) is 4.76. The molecule has 6 heteroatoms. The topological polar surface area (TPSA) is 70.7 Å². The van der Waals surface area contributed by atoms with Gasteiger partial charge in [-0.05, 0) is 19.4 Å². The van der Waals surface area contributed by atoms with E-state index in [1.807, 2.05) is 0 Å². The van der Waals surface area contributed by atoms with Gasteiger partial charge in [-0.1, -0.05) is 6.92 Å². The molecular formula is C13H23N3O3. The monoisotopic (exact) mass is 269 g/mol. The van der Waals surface area contributed by atoms with E-state index >= 15 is 0 Å². The number of nitrogens with zero attached hydrogens (tertiary/aromatic N) is 1. The predicted octanol–water partition coefficient (Wildman–Crippen LogP) is -0.795. The first kappa shape index (κ1) is 14.3. The van der Waals surface area contributed by atoms with Crippen LogP contribution in [0.15, 0.2) is 0 Å². The third kappa shape index (κ3) is 3.45. The number of nitrogens with one attached hydrogen (secondary N) is 2. The summed E-state index contributed by atoms with van der Waals surface area (Å²) in [4.78, 5) is 26.0. The highest BCUT2D eigenvalue weighted by molar-refractivity contribution is 5.88. The molecule has 0 bridgehead atoms. The van der Waals surface area contributed by atoms with Gasteiger partial charge in [0.2, 0.25) is 11.8 Å². The molecule has 2 saturated heterocycles. The first-order valence-electron chi connectivity index (χ1n) is 6.97. The average Bonchev–Trinajstić information content (AvgIpc) is 2.85. The Labute approximate surface area is 113 Å². The van der Waals surface area contributed by atoms with Gasteiger partial charge in [0.05, 0.1) is 19.1 Å². The standard InChI is InChI=1S/C13H23N3O3/c1-9-7-14-8-11(9)12(17)15-10(2)13(18)16-3-5-19-6-4-16/h9-11,14H,3-8H2,1-2H3,(H,15,17)/t9-,10?,11-/m1/s1. The first-order chi connectivity index (χ1) is 9.09. The normalized spacial score (nSPS) is 29.1. The minimum absolute atomic E-state index is 0.0183. The van der Waals surface area contributed by atoms with Crippen LogP contribution in [0.25, 0.3) is 0 Å². The highest BCUT2D eigenvalue weighted by Crippen LogP contribution is 2.16. The summed E-state index contributed by atoms with van der Waals surface area (Å²) < 4.78 is 5.22. The van der Waals surface area contributed by atoms with Crippen LogP contribution in [0.4, 0.5) is 0 Å². The fourth-order valence-electron chi connectivity index (χ4n) is 2.60. The number of rotatable bonds is 3. The van der Waals surface area contributed by atoms with Gasteiger partial charge < -0.3 is 20.3 Å². The van der Waals surface area contributed by atoms with Gasteiger partial charge in [-0.15, -0.1) is 0 Å². The van der Waals surface area contributed by atoms with Crippen molar-refractivity contribution >= 4 is 11.8 Å². The zero-order valence-electron chi connectivity index (χ0n) is 11.6. The van der Waals surface area contributed by atoms with Crippen molar-refractivity contribution in [1.29, 1.82) is 0 Å². The fourth-order valence-corrected chi connectivity index (χ4v) is 2.60. The lowest BCUT2D eigenvalue weighted by atomic mass is 9.97. The minimum atomic E-state index is -0.460. The van der Waals surface area contributed by atoms with E-state index < -0.39 is 6.04 Å². The molecule has 0 aromatic heterocycles. The molecule has 2 heterocycles. The zero-order chi connectivity index (χ0) is 13.8. The lowest BCUT2D eigenvalue weighted by molar-refractivity contribution is -0.140. The highest BCUT2D eigenvalue weighted by atomic mass is 16.5. The maximum atomic E-state index is 12.2. The summed E-state index contributed by atoms with van der Waals surface area (Å²) in [5.41, 5.74) is 0. The highest BCUT2D eigenvalue weighted by Gasteiger charge is 2.32. The van der Waals surface area contributed by atoms with Crippen molar-refractivity contribution in [3.8, 4) is 0 Å². The summed E-state index contributed by atoms with van der Waals surface area (Å²) in [6.07, 6.45) is 0. The summed E-state index contributed by atoms with van der Waals surface area (Å²) in [5, 5.41) is 6.03. The van der Waals surface area contributed by atoms with Crippen LogP contribution in [0.1, 0.15) is 13.8 Å². The number of carbonyl (C=O) groups is 2. The van der Waals surface area contributed by atoms with Crippen LogP contribution in [-0.4, -0.2) is 62.1 Å². The van der Waals surface area contributed by atoms with Crippen molar-refractivity contribution < 1.29 is 14.3 Å². The molecule has 0 aromatic rings. The van der Waals surface area contributed by atoms with E-state index in [1.165, 1.54) is 0 Å². The van der Waals surface area contributed by atoms with Crippen LogP contribution in [-0.2, 0) is 14.3 Å². The van der Waals surface area contributed by atoms with Crippen molar-refractivity contribution in [2.45, 2.75) is 19.9 Å². The van der Waals surface area contributed by atoms with Gasteiger partial charge in [0, 0.05) is 19.6 Å². The van der Waals surface area contributed by atoms with Crippen molar-refractivity contribution in [3.63, 3.8) is 0 Å². The maximum absolute atomic E-state index is 12.2. The van der Waals surface area contributed by atoms with Crippen LogP contribution in [0, 0.1) is 11.8 Å². The molecule has 3 atom stereocenters. The molecule has 2 aliphatic heterocycles. The second-order valence-electron chi connectivity index (χ2n) is 5.41. The molecule has 2 aliphatic rings. The molecule has 2 rings (SSSR count). The number of hydrogen-bond acceptors (Lipinski definition) is 4. The van der Waals surface area contributed by atoms with Gasteiger partial charge >= 0.3 is 0 Å². The van der Waals surface area contributed by atoms with Crippen molar-refractivity contribution in [1.82, 2.24) is 15.5 Å². The van der Waals surface area contributed by atoms with E-state index in [0.717, 1.165) is 6.54 Å². The molecule has 2 fully saturated rings. The largest absolute Gasteiger partial charge is 0.378 e. The predicted molar refractivity (Wildman–Crippen MR) is 70.5 cm³/mol. The quantitative estimate of drug-likeness (QED) is 0.704. The summed E-state index contributed by atoms with van der Waals surface area (Å²) in [6.45, 7) is 7.75. The molecule has 2 N–H and O–H groups in total. The molecule has 0 aromatic carbocycles. The van der Waals surface area contributed by atoms with Crippen molar-refractivity contribution in [2.75, 3.05) is 39.4 Å². The van der Waals surface area contributed by atoms with Crippen LogP contribution in [0.2, 0.25) is 0 Å². The first-order valence-corrected chi connectivity index (χ1v) is 6.97. The Hall–Kier alpha value is -1.14. The number of morpholine rings is 1. The van der Waals surface area contributed by atoms with E-state index in [4.69, 9.17) is 4.74 Å². The van der Waals surface area contributed by atoms with Crippen molar-refractivity contribution in [2.24, 2.45) is 11.8 Å². The molecule has 0 spiro atoms. The van der Waals surface area contributed by atoms with Gasteiger partial charge in [0.25, 0.3) is 0 Å². The third-order valence-corrected chi connectivity index (χ3v) is 3.91.